The van der Waals surface area contributed by atoms with E-state index in [4.69, 9.17) is 9.63 Å². The molecule has 0 fully saturated rings. The topological polar surface area (TPSA) is 63.3 Å². The van der Waals surface area contributed by atoms with E-state index in [1.54, 1.807) is 0 Å². The average molecular weight is 313 g/mol. The third-order valence-corrected chi connectivity index (χ3v) is 4.06. The highest BCUT2D eigenvalue weighted by molar-refractivity contribution is 7.22. The molecule has 0 aliphatic rings. The van der Waals surface area contributed by atoms with Crippen molar-refractivity contribution in [1.82, 2.24) is 5.16 Å². The molecule has 8 heteroatoms. The Labute approximate surface area is 119 Å². The van der Waals surface area contributed by atoms with Gasteiger partial charge in [-0.25, -0.2) is 4.79 Å². The van der Waals surface area contributed by atoms with Crippen molar-refractivity contribution in [2.45, 2.75) is 6.18 Å². The van der Waals surface area contributed by atoms with E-state index in [1.807, 2.05) is 0 Å². The third-order valence-electron chi connectivity index (χ3n) is 2.87. The highest BCUT2D eigenvalue weighted by Crippen LogP contribution is 2.42. The number of thiophene rings is 1. The molecule has 4 nitrogen and oxygen atoms in total. The van der Waals surface area contributed by atoms with E-state index in [1.165, 1.54) is 18.2 Å². The number of carbonyl (C=O) groups is 1. The zero-order valence-corrected chi connectivity index (χ0v) is 11.0. The third kappa shape index (κ3) is 2.27. The molecule has 2 aromatic heterocycles. The fraction of sp³-hybridized carbons (Fsp3) is 0.0769. The van der Waals surface area contributed by atoms with E-state index < -0.39 is 17.7 Å². The fourth-order valence-electron chi connectivity index (χ4n) is 1.97. The summed E-state index contributed by atoms with van der Waals surface area (Å²) in [4.78, 5) is 11.3. The second-order valence-electron chi connectivity index (χ2n) is 4.21. The Kier molecular flexibility index (Phi) is 2.98. The molecule has 0 radical (unpaired) electrons. The monoisotopic (exact) mass is 313 g/mol. The smallest absolute Gasteiger partial charge is 0.417 e. The van der Waals surface area contributed by atoms with Crippen LogP contribution in [-0.4, -0.2) is 16.2 Å². The molecule has 21 heavy (non-hydrogen) atoms. The van der Waals surface area contributed by atoms with Gasteiger partial charge in [-0.2, -0.15) is 13.2 Å². The Hall–Kier alpha value is -2.35. The first-order chi connectivity index (χ1) is 9.88. The lowest BCUT2D eigenvalue weighted by Gasteiger charge is -2.06. The number of carboxylic acids is 1. The maximum Gasteiger partial charge on any atom is 0.417 e. The second kappa shape index (κ2) is 4.59. The van der Waals surface area contributed by atoms with Crippen molar-refractivity contribution in [2.24, 2.45) is 0 Å². The van der Waals surface area contributed by atoms with Crippen LogP contribution < -0.4 is 0 Å². The van der Waals surface area contributed by atoms with Crippen molar-refractivity contribution < 1.29 is 27.6 Å². The predicted octanol–water partition coefficient (Wildman–Crippen LogP) is 4.27. The molecule has 0 saturated heterocycles. The number of aromatic nitrogens is 1. The molecule has 1 aromatic carbocycles. The van der Waals surface area contributed by atoms with Crippen LogP contribution in [0.3, 0.4) is 0 Å². The number of hydrogen-bond donors (Lipinski definition) is 1. The second-order valence-corrected chi connectivity index (χ2v) is 5.26. The largest absolute Gasteiger partial charge is 0.477 e. The van der Waals surface area contributed by atoms with E-state index in [2.05, 4.69) is 5.16 Å². The highest BCUT2D eigenvalue weighted by atomic mass is 32.1. The van der Waals surface area contributed by atoms with Crippen molar-refractivity contribution in [3.63, 3.8) is 0 Å². The van der Waals surface area contributed by atoms with E-state index in [9.17, 15) is 18.0 Å². The van der Waals surface area contributed by atoms with Crippen LogP contribution >= 0.6 is 11.3 Å². The first kappa shape index (κ1) is 13.6. The Morgan fingerprint density at radius 3 is 2.76 bits per heavy atom. The summed E-state index contributed by atoms with van der Waals surface area (Å²) >= 11 is 0.823. The molecule has 0 amide bonds. The molecule has 0 spiro atoms. The number of rotatable bonds is 2. The number of nitrogens with zero attached hydrogens (tertiary/aromatic N) is 1. The maximum atomic E-state index is 13.0. The van der Waals surface area contributed by atoms with Gasteiger partial charge in [0.2, 0.25) is 0 Å². The Balaban J connectivity index is 2.23. The van der Waals surface area contributed by atoms with E-state index >= 15 is 0 Å². The normalized spacial score (nSPS) is 12.0. The van der Waals surface area contributed by atoms with E-state index in [0.29, 0.717) is 5.39 Å². The molecule has 0 aliphatic carbocycles. The number of aromatic carboxylic acids is 1. The number of fused-ring (bicyclic) bond motifs is 1. The summed E-state index contributed by atoms with van der Waals surface area (Å²) in [6, 6.07) is 5.28. The van der Waals surface area contributed by atoms with Gasteiger partial charge in [0, 0.05) is 4.70 Å². The van der Waals surface area contributed by atoms with Gasteiger partial charge in [-0.15, -0.1) is 11.3 Å². The summed E-state index contributed by atoms with van der Waals surface area (Å²) in [6.07, 6.45) is -3.45. The minimum absolute atomic E-state index is 0.0349. The van der Waals surface area contributed by atoms with Crippen LogP contribution in [0.2, 0.25) is 0 Å². The fourth-order valence-corrected chi connectivity index (χ4v) is 3.15. The summed E-state index contributed by atoms with van der Waals surface area (Å²) in [5.41, 5.74) is -0.942. The molecule has 1 N–H and O–H groups in total. The molecule has 108 valence electrons. The van der Waals surface area contributed by atoms with Crippen LogP contribution in [0.15, 0.2) is 35.0 Å². The lowest BCUT2D eigenvalue weighted by Crippen LogP contribution is -2.04. The minimum Gasteiger partial charge on any atom is -0.477 e. The quantitative estimate of drug-likeness (QED) is 0.767. The Morgan fingerprint density at radius 2 is 2.10 bits per heavy atom. The van der Waals surface area contributed by atoms with Crippen LogP contribution in [0.4, 0.5) is 13.2 Å². The molecule has 2 heterocycles. The number of alkyl halides is 3. The minimum atomic E-state index is -4.47. The highest BCUT2D eigenvalue weighted by Gasteiger charge is 2.33. The zero-order valence-electron chi connectivity index (χ0n) is 10.1. The molecule has 3 rings (SSSR count). The molecule has 0 aliphatic heterocycles. The van der Waals surface area contributed by atoms with Gasteiger partial charge in [0.15, 0.2) is 5.76 Å². The van der Waals surface area contributed by atoms with Crippen molar-refractivity contribution in [1.29, 1.82) is 0 Å². The number of carboxylic acid groups (broad SMARTS) is 1. The van der Waals surface area contributed by atoms with Crippen molar-refractivity contribution in [3.05, 3.63) is 41.6 Å². The molecule has 0 atom stereocenters. The standard InChI is InChI=1S/C13H6F3NO3S/c14-13(15,16)8-3-1-2-6-4-9(21-11(6)8)10-7(12(18)19)5-17-20-10/h1-5H,(H,18,19). The summed E-state index contributed by atoms with van der Waals surface area (Å²) in [5.74, 6) is -1.29. The van der Waals surface area contributed by atoms with Gasteiger partial charge in [0.1, 0.15) is 5.56 Å². The molecule has 0 bridgehead atoms. The SMILES string of the molecule is O=C(O)c1cnoc1-c1cc2cccc(C(F)(F)F)c2s1. The summed E-state index contributed by atoms with van der Waals surface area (Å²) in [6.45, 7) is 0. The van der Waals surface area contributed by atoms with Crippen molar-refractivity contribution in [2.75, 3.05) is 0 Å². The summed E-state index contributed by atoms with van der Waals surface area (Å²) < 4.78 is 43.8. The first-order valence-electron chi connectivity index (χ1n) is 5.66. The Morgan fingerprint density at radius 1 is 1.33 bits per heavy atom. The first-order valence-corrected chi connectivity index (χ1v) is 6.47. The van der Waals surface area contributed by atoms with Gasteiger partial charge in [0.05, 0.1) is 16.6 Å². The molecule has 0 saturated carbocycles. The van der Waals surface area contributed by atoms with Gasteiger partial charge >= 0.3 is 12.1 Å². The summed E-state index contributed by atoms with van der Waals surface area (Å²) in [7, 11) is 0. The molecular weight excluding hydrogens is 307 g/mol. The van der Waals surface area contributed by atoms with Gasteiger partial charge in [-0.1, -0.05) is 17.3 Å². The number of benzene rings is 1. The van der Waals surface area contributed by atoms with Gasteiger partial charge in [-0.3, -0.25) is 0 Å². The Bertz CT molecular complexity index is 835. The average Bonchev–Trinajstić information content (AvgIpc) is 3.02. The molecular formula is C13H6F3NO3S. The van der Waals surface area contributed by atoms with Crippen molar-refractivity contribution >= 4 is 27.4 Å². The van der Waals surface area contributed by atoms with Crippen LogP contribution in [0.25, 0.3) is 20.7 Å². The van der Waals surface area contributed by atoms with Crippen LogP contribution in [0.5, 0.6) is 0 Å². The van der Waals surface area contributed by atoms with Gasteiger partial charge < -0.3 is 9.63 Å². The van der Waals surface area contributed by atoms with Crippen LogP contribution in [0.1, 0.15) is 15.9 Å². The van der Waals surface area contributed by atoms with Crippen LogP contribution in [-0.2, 0) is 6.18 Å². The number of halogens is 3. The van der Waals surface area contributed by atoms with Crippen LogP contribution in [0, 0.1) is 0 Å². The predicted molar refractivity (Wildman–Crippen MR) is 69.3 cm³/mol. The van der Waals surface area contributed by atoms with Gasteiger partial charge in [0.25, 0.3) is 0 Å². The number of hydrogen-bond acceptors (Lipinski definition) is 4. The van der Waals surface area contributed by atoms with Crippen molar-refractivity contribution in [3.8, 4) is 10.6 Å². The van der Waals surface area contributed by atoms with Gasteiger partial charge in [-0.05, 0) is 17.5 Å². The van der Waals surface area contributed by atoms with E-state index in [-0.39, 0.29) is 20.9 Å². The maximum absolute atomic E-state index is 13.0. The lowest BCUT2D eigenvalue weighted by molar-refractivity contribution is -0.136. The van der Waals surface area contributed by atoms with E-state index in [0.717, 1.165) is 23.6 Å². The molecule has 0 unspecified atom stereocenters. The summed E-state index contributed by atoms with van der Waals surface area (Å²) in [5, 5.41) is 12.8. The lowest BCUT2D eigenvalue weighted by atomic mass is 10.1. The molecule has 3 aromatic rings. The zero-order chi connectivity index (χ0) is 15.2.